The Kier molecular flexibility index (Phi) is 7.06. The van der Waals surface area contributed by atoms with E-state index in [9.17, 15) is 14.4 Å². The molecule has 2 N–H and O–H groups in total. The van der Waals surface area contributed by atoms with Crippen molar-refractivity contribution in [1.29, 1.82) is 0 Å². The molecule has 2 heterocycles. The number of nitrogens with one attached hydrogen (secondary N) is 2. The lowest BCUT2D eigenvalue weighted by atomic mass is 10.1. The van der Waals surface area contributed by atoms with Gasteiger partial charge in [0.05, 0.1) is 22.6 Å². The summed E-state index contributed by atoms with van der Waals surface area (Å²) in [6.07, 6.45) is 3.88. The van der Waals surface area contributed by atoms with E-state index < -0.39 is 0 Å². The Morgan fingerprint density at radius 3 is 2.62 bits per heavy atom. The van der Waals surface area contributed by atoms with Gasteiger partial charge in [-0.2, -0.15) is 0 Å². The summed E-state index contributed by atoms with van der Waals surface area (Å²) in [7, 11) is 0. The largest absolute Gasteiger partial charge is 0.352 e. The minimum absolute atomic E-state index is 0.129. The van der Waals surface area contributed by atoms with Crippen molar-refractivity contribution in [2.45, 2.75) is 32.2 Å². The number of fused-ring (bicyclic) bond motifs is 1. The molecule has 1 aromatic heterocycles. The smallest absolute Gasteiger partial charge is 0.257 e. The van der Waals surface area contributed by atoms with Crippen molar-refractivity contribution in [1.82, 2.24) is 19.8 Å². The molecule has 1 aliphatic rings. The Bertz CT molecular complexity index is 1220. The number of benzene rings is 2. The molecule has 3 aromatic rings. The molecule has 0 saturated carbocycles. The second-order valence-electron chi connectivity index (χ2n) is 8.30. The third-order valence-electron chi connectivity index (χ3n) is 6.05. The number of rotatable bonds is 6. The molecule has 0 radical (unpaired) electrons. The van der Waals surface area contributed by atoms with Gasteiger partial charge in [0.2, 0.25) is 11.9 Å². The molecule has 2 aromatic carbocycles. The molecule has 0 spiro atoms. The summed E-state index contributed by atoms with van der Waals surface area (Å²) < 4.78 is 1.93. The van der Waals surface area contributed by atoms with Gasteiger partial charge in [0.15, 0.2) is 0 Å². The highest BCUT2D eigenvalue weighted by Crippen LogP contribution is 2.32. The molecule has 34 heavy (non-hydrogen) atoms. The van der Waals surface area contributed by atoms with Gasteiger partial charge in [-0.05, 0) is 56.5 Å². The minimum atomic E-state index is -0.288. The van der Waals surface area contributed by atoms with Crippen LogP contribution in [0.2, 0.25) is 0 Å². The van der Waals surface area contributed by atoms with Crippen LogP contribution in [-0.2, 0) is 4.79 Å². The number of amides is 3. The Morgan fingerprint density at radius 1 is 1.09 bits per heavy atom. The maximum Gasteiger partial charge on any atom is 0.257 e. The SMILES string of the molecule is C=CC(=O)N1CCCCC(n2c(NC(=O)c3ccccc3)nc3cccc(C(=O)NCC)c32)C1. The van der Waals surface area contributed by atoms with E-state index >= 15 is 0 Å². The van der Waals surface area contributed by atoms with Crippen LogP contribution in [-0.4, -0.2) is 51.8 Å². The highest BCUT2D eigenvalue weighted by molar-refractivity contribution is 6.07. The van der Waals surface area contributed by atoms with Gasteiger partial charge in [-0.15, -0.1) is 0 Å². The first-order chi connectivity index (χ1) is 16.5. The number of aromatic nitrogens is 2. The molecule has 8 nitrogen and oxygen atoms in total. The van der Waals surface area contributed by atoms with Crippen molar-refractivity contribution >= 4 is 34.7 Å². The van der Waals surface area contributed by atoms with Crippen LogP contribution in [0.5, 0.6) is 0 Å². The first-order valence-corrected chi connectivity index (χ1v) is 11.6. The monoisotopic (exact) mass is 459 g/mol. The van der Waals surface area contributed by atoms with Crippen LogP contribution in [0, 0.1) is 0 Å². The maximum atomic E-state index is 13.0. The highest BCUT2D eigenvalue weighted by atomic mass is 16.2. The van der Waals surface area contributed by atoms with Crippen molar-refractivity contribution in [2.75, 3.05) is 25.0 Å². The summed E-state index contributed by atoms with van der Waals surface area (Å²) in [5, 5.41) is 5.81. The first-order valence-electron chi connectivity index (χ1n) is 11.6. The van der Waals surface area contributed by atoms with Crippen LogP contribution >= 0.6 is 0 Å². The van der Waals surface area contributed by atoms with Crippen LogP contribution in [0.3, 0.4) is 0 Å². The summed E-state index contributed by atoms with van der Waals surface area (Å²) in [4.78, 5) is 44.9. The van der Waals surface area contributed by atoms with Crippen LogP contribution in [0.1, 0.15) is 52.9 Å². The number of anilines is 1. The fourth-order valence-electron chi connectivity index (χ4n) is 4.45. The number of imidazole rings is 1. The molecule has 0 aliphatic carbocycles. The number of carbonyl (C=O) groups excluding carboxylic acids is 3. The van der Waals surface area contributed by atoms with Gasteiger partial charge in [0.1, 0.15) is 0 Å². The van der Waals surface area contributed by atoms with Crippen LogP contribution in [0.15, 0.2) is 61.2 Å². The number of hydrogen-bond acceptors (Lipinski definition) is 4. The number of nitrogens with zero attached hydrogens (tertiary/aromatic N) is 3. The second-order valence-corrected chi connectivity index (χ2v) is 8.30. The number of hydrogen-bond donors (Lipinski definition) is 2. The molecular formula is C26H29N5O3. The molecule has 1 saturated heterocycles. The van der Waals surface area contributed by atoms with Gasteiger partial charge in [0.25, 0.3) is 11.8 Å². The summed E-state index contributed by atoms with van der Waals surface area (Å²) in [5.41, 5.74) is 2.25. The van der Waals surface area contributed by atoms with Crippen LogP contribution in [0.25, 0.3) is 11.0 Å². The fourth-order valence-corrected chi connectivity index (χ4v) is 4.45. The van der Waals surface area contributed by atoms with E-state index in [1.54, 1.807) is 41.3 Å². The summed E-state index contributed by atoms with van der Waals surface area (Å²) in [6.45, 7) is 7.07. The van der Waals surface area contributed by atoms with Crippen molar-refractivity contribution in [3.05, 3.63) is 72.3 Å². The number of para-hydroxylation sites is 1. The van der Waals surface area contributed by atoms with Gasteiger partial charge in [0, 0.05) is 25.2 Å². The Balaban J connectivity index is 1.84. The third kappa shape index (κ3) is 4.71. The quantitative estimate of drug-likeness (QED) is 0.549. The van der Waals surface area contributed by atoms with E-state index in [2.05, 4.69) is 17.2 Å². The topological polar surface area (TPSA) is 96.3 Å². The van der Waals surface area contributed by atoms with E-state index in [-0.39, 0.29) is 23.8 Å². The lowest BCUT2D eigenvalue weighted by Gasteiger charge is -2.26. The van der Waals surface area contributed by atoms with Gasteiger partial charge in [-0.25, -0.2) is 4.98 Å². The predicted octanol–water partition coefficient (Wildman–Crippen LogP) is 3.78. The van der Waals surface area contributed by atoms with Gasteiger partial charge >= 0.3 is 0 Å². The van der Waals surface area contributed by atoms with Crippen molar-refractivity contribution < 1.29 is 14.4 Å². The van der Waals surface area contributed by atoms with E-state index in [0.717, 1.165) is 19.3 Å². The lowest BCUT2D eigenvalue weighted by Crippen LogP contribution is -2.34. The van der Waals surface area contributed by atoms with Gasteiger partial charge in [-0.1, -0.05) is 30.8 Å². The van der Waals surface area contributed by atoms with Gasteiger partial charge in [-0.3, -0.25) is 19.7 Å². The number of likely N-dealkylation sites (tertiary alicyclic amines) is 1. The van der Waals surface area contributed by atoms with E-state index in [1.807, 2.05) is 23.6 Å². The molecule has 0 bridgehead atoms. The predicted molar refractivity (Wildman–Crippen MR) is 132 cm³/mol. The molecular weight excluding hydrogens is 430 g/mol. The molecule has 1 aliphatic heterocycles. The first kappa shape index (κ1) is 23.2. The number of carbonyl (C=O) groups is 3. The average molecular weight is 460 g/mol. The molecule has 4 rings (SSSR count). The second kappa shape index (κ2) is 10.3. The molecule has 3 amide bonds. The normalized spacial score (nSPS) is 16.0. The lowest BCUT2D eigenvalue weighted by molar-refractivity contribution is -0.126. The summed E-state index contributed by atoms with van der Waals surface area (Å²) in [6, 6.07) is 14.1. The Hall–Kier alpha value is -3.94. The molecule has 1 unspecified atom stereocenters. The zero-order valence-electron chi connectivity index (χ0n) is 19.3. The molecule has 1 atom stereocenters. The Morgan fingerprint density at radius 2 is 1.88 bits per heavy atom. The molecule has 1 fully saturated rings. The summed E-state index contributed by atoms with van der Waals surface area (Å²) in [5.74, 6) is -0.263. The Labute approximate surface area is 198 Å². The zero-order chi connectivity index (χ0) is 24.1. The molecule has 176 valence electrons. The van der Waals surface area contributed by atoms with Crippen LogP contribution in [0.4, 0.5) is 5.95 Å². The third-order valence-corrected chi connectivity index (χ3v) is 6.05. The van der Waals surface area contributed by atoms with E-state index in [1.165, 1.54) is 6.08 Å². The highest BCUT2D eigenvalue weighted by Gasteiger charge is 2.28. The molecule has 8 heteroatoms. The minimum Gasteiger partial charge on any atom is -0.352 e. The van der Waals surface area contributed by atoms with Crippen molar-refractivity contribution in [3.63, 3.8) is 0 Å². The van der Waals surface area contributed by atoms with Crippen molar-refractivity contribution in [3.8, 4) is 0 Å². The fraction of sp³-hybridized carbons (Fsp3) is 0.308. The van der Waals surface area contributed by atoms with Gasteiger partial charge < -0.3 is 14.8 Å². The maximum absolute atomic E-state index is 13.0. The van der Waals surface area contributed by atoms with E-state index in [4.69, 9.17) is 4.98 Å². The standard InChI is InChI=1S/C26H29N5O3/c1-3-22(32)30-16-9-8-13-19(17-30)31-23-20(25(34)27-4-2)14-10-15-21(23)28-26(31)29-24(33)18-11-6-5-7-12-18/h3,5-7,10-12,14-15,19H,1,4,8-9,13,16-17H2,2H3,(H,27,34)(H,28,29,33). The van der Waals surface area contributed by atoms with Crippen molar-refractivity contribution in [2.24, 2.45) is 0 Å². The zero-order valence-corrected chi connectivity index (χ0v) is 19.3. The summed E-state index contributed by atoms with van der Waals surface area (Å²) >= 11 is 0. The average Bonchev–Trinajstić information content (AvgIpc) is 3.04. The van der Waals surface area contributed by atoms with E-state index in [0.29, 0.717) is 47.7 Å². The van der Waals surface area contributed by atoms with Crippen LogP contribution < -0.4 is 10.6 Å².